The van der Waals surface area contributed by atoms with E-state index in [9.17, 15) is 0 Å². The highest BCUT2D eigenvalue weighted by atomic mass is 32.2. The van der Waals surface area contributed by atoms with Gasteiger partial charge in [0.1, 0.15) is 11.4 Å². The molecular formula is C23H24N3S+. The third-order valence-corrected chi connectivity index (χ3v) is 5.87. The van der Waals surface area contributed by atoms with Crippen molar-refractivity contribution in [1.29, 1.82) is 0 Å². The van der Waals surface area contributed by atoms with Gasteiger partial charge in [0.15, 0.2) is 0 Å². The number of benzene rings is 3. The molecule has 0 radical (unpaired) electrons. The summed E-state index contributed by atoms with van der Waals surface area (Å²) in [7, 11) is 0. The lowest BCUT2D eigenvalue weighted by atomic mass is 10.2. The molecule has 0 aromatic heterocycles. The van der Waals surface area contributed by atoms with E-state index in [2.05, 4.69) is 101 Å². The molecule has 1 heterocycles. The van der Waals surface area contributed by atoms with Crippen LogP contribution in [0.1, 0.15) is 13.8 Å². The van der Waals surface area contributed by atoms with E-state index in [1.165, 1.54) is 21.2 Å². The van der Waals surface area contributed by atoms with Gasteiger partial charge in [0, 0.05) is 0 Å². The SMILES string of the molecule is CC[N+](CC)=C(Nc1ccccc1)N1c2ccccc2Sc2ccccc21. The summed E-state index contributed by atoms with van der Waals surface area (Å²) < 4.78 is 2.37. The Labute approximate surface area is 165 Å². The summed E-state index contributed by atoms with van der Waals surface area (Å²) >= 11 is 1.84. The fourth-order valence-electron chi connectivity index (χ4n) is 3.38. The number of guanidine groups is 1. The first-order chi connectivity index (χ1) is 13.3. The van der Waals surface area contributed by atoms with Crippen molar-refractivity contribution < 1.29 is 4.58 Å². The summed E-state index contributed by atoms with van der Waals surface area (Å²) in [6.07, 6.45) is 0. The van der Waals surface area contributed by atoms with Gasteiger partial charge in [-0.1, -0.05) is 54.2 Å². The topological polar surface area (TPSA) is 18.3 Å². The van der Waals surface area contributed by atoms with Crippen LogP contribution in [0.4, 0.5) is 17.1 Å². The Kier molecular flexibility index (Phi) is 5.16. The van der Waals surface area contributed by atoms with Crippen LogP contribution < -0.4 is 10.2 Å². The highest BCUT2D eigenvalue weighted by molar-refractivity contribution is 7.99. The van der Waals surface area contributed by atoms with Gasteiger partial charge in [-0.3, -0.25) is 4.58 Å². The monoisotopic (exact) mass is 374 g/mol. The molecule has 0 saturated carbocycles. The molecule has 1 N–H and O–H groups in total. The predicted octanol–water partition coefficient (Wildman–Crippen LogP) is 5.81. The zero-order chi connectivity index (χ0) is 18.6. The molecule has 0 spiro atoms. The van der Waals surface area contributed by atoms with E-state index in [4.69, 9.17) is 0 Å². The molecule has 0 bridgehead atoms. The van der Waals surface area contributed by atoms with Crippen molar-refractivity contribution >= 4 is 34.8 Å². The van der Waals surface area contributed by atoms with Gasteiger partial charge in [-0.25, -0.2) is 5.32 Å². The van der Waals surface area contributed by atoms with Gasteiger partial charge in [0.2, 0.25) is 0 Å². The van der Waals surface area contributed by atoms with Crippen LogP contribution in [0.15, 0.2) is 88.7 Å². The second-order valence-corrected chi connectivity index (χ2v) is 7.44. The molecule has 0 fully saturated rings. The molecule has 0 unspecified atom stereocenters. The number of nitrogens with zero attached hydrogens (tertiary/aromatic N) is 2. The molecule has 3 aromatic rings. The fourth-order valence-corrected chi connectivity index (χ4v) is 4.44. The first-order valence-electron chi connectivity index (χ1n) is 9.41. The smallest absolute Gasteiger partial charge is 0.264 e. The first kappa shape index (κ1) is 17.7. The molecule has 4 heteroatoms. The zero-order valence-corrected chi connectivity index (χ0v) is 16.5. The van der Waals surface area contributed by atoms with E-state index < -0.39 is 0 Å². The van der Waals surface area contributed by atoms with Crippen molar-refractivity contribution in [3.05, 3.63) is 78.9 Å². The lowest BCUT2D eigenvalue weighted by Gasteiger charge is -2.29. The average Bonchev–Trinajstić information content (AvgIpc) is 2.73. The van der Waals surface area contributed by atoms with E-state index in [-0.39, 0.29) is 0 Å². The maximum Gasteiger partial charge on any atom is 0.363 e. The van der Waals surface area contributed by atoms with Crippen molar-refractivity contribution in [3.8, 4) is 0 Å². The van der Waals surface area contributed by atoms with Gasteiger partial charge in [-0.15, -0.1) is 0 Å². The fraction of sp³-hybridized carbons (Fsp3) is 0.174. The number of nitrogens with one attached hydrogen (secondary N) is 1. The Bertz CT molecular complexity index is 915. The average molecular weight is 375 g/mol. The van der Waals surface area contributed by atoms with Gasteiger partial charge >= 0.3 is 5.96 Å². The van der Waals surface area contributed by atoms with Crippen LogP contribution in [0.2, 0.25) is 0 Å². The van der Waals surface area contributed by atoms with Crippen LogP contribution >= 0.6 is 11.8 Å². The van der Waals surface area contributed by atoms with Crippen LogP contribution in [-0.2, 0) is 0 Å². The summed E-state index contributed by atoms with van der Waals surface area (Å²) in [6, 6.07) is 27.7. The number of anilines is 3. The highest BCUT2D eigenvalue weighted by Crippen LogP contribution is 2.48. The molecule has 0 atom stereocenters. The Morgan fingerprint density at radius 3 is 1.85 bits per heavy atom. The predicted molar refractivity (Wildman–Crippen MR) is 116 cm³/mol. The largest absolute Gasteiger partial charge is 0.363 e. The maximum atomic E-state index is 3.69. The van der Waals surface area contributed by atoms with E-state index in [0.29, 0.717) is 0 Å². The van der Waals surface area contributed by atoms with Crippen molar-refractivity contribution in [3.63, 3.8) is 0 Å². The third-order valence-electron chi connectivity index (χ3n) is 4.74. The molecule has 0 aliphatic carbocycles. The van der Waals surface area contributed by atoms with Crippen molar-refractivity contribution in [2.75, 3.05) is 23.3 Å². The number of hydrogen-bond donors (Lipinski definition) is 1. The molecule has 0 amide bonds. The Morgan fingerprint density at radius 1 is 0.778 bits per heavy atom. The van der Waals surface area contributed by atoms with E-state index >= 15 is 0 Å². The quantitative estimate of drug-likeness (QED) is 0.354. The lowest BCUT2D eigenvalue weighted by Crippen LogP contribution is -2.42. The minimum atomic E-state index is 0.930. The van der Waals surface area contributed by atoms with Crippen molar-refractivity contribution in [1.82, 2.24) is 0 Å². The lowest BCUT2D eigenvalue weighted by molar-refractivity contribution is -0.521. The summed E-state index contributed by atoms with van der Waals surface area (Å²) in [5.74, 6) is 1.09. The number of para-hydroxylation sites is 3. The van der Waals surface area contributed by atoms with E-state index in [1.807, 2.05) is 17.8 Å². The van der Waals surface area contributed by atoms with Gasteiger partial charge in [0.05, 0.1) is 28.6 Å². The van der Waals surface area contributed by atoms with Gasteiger partial charge in [-0.2, -0.15) is 4.90 Å². The molecule has 136 valence electrons. The zero-order valence-electron chi connectivity index (χ0n) is 15.7. The Morgan fingerprint density at radius 2 is 1.30 bits per heavy atom. The molecule has 1 aliphatic heterocycles. The van der Waals surface area contributed by atoms with Crippen molar-refractivity contribution in [2.45, 2.75) is 23.6 Å². The molecule has 3 nitrogen and oxygen atoms in total. The molecule has 3 aromatic carbocycles. The normalized spacial score (nSPS) is 12.1. The molecule has 27 heavy (non-hydrogen) atoms. The molecule has 4 rings (SSSR count). The first-order valence-corrected chi connectivity index (χ1v) is 10.2. The van der Waals surface area contributed by atoms with Crippen LogP contribution in [0.3, 0.4) is 0 Å². The van der Waals surface area contributed by atoms with Crippen molar-refractivity contribution in [2.24, 2.45) is 0 Å². The van der Waals surface area contributed by atoms with Crippen LogP contribution in [0.25, 0.3) is 0 Å². The van der Waals surface area contributed by atoms with Crippen LogP contribution in [-0.4, -0.2) is 23.6 Å². The summed E-state index contributed by atoms with van der Waals surface area (Å²) in [4.78, 5) is 4.91. The van der Waals surface area contributed by atoms with Crippen LogP contribution in [0.5, 0.6) is 0 Å². The number of fused-ring (bicyclic) bond motifs is 2. The Hall–Kier alpha value is -2.72. The Balaban J connectivity index is 1.91. The second kappa shape index (κ2) is 7.89. The highest BCUT2D eigenvalue weighted by Gasteiger charge is 2.33. The van der Waals surface area contributed by atoms with Gasteiger partial charge in [0.25, 0.3) is 0 Å². The number of hydrogen-bond acceptors (Lipinski definition) is 1. The molecular weight excluding hydrogens is 350 g/mol. The molecule has 1 aliphatic rings. The number of rotatable bonds is 3. The molecule has 0 saturated heterocycles. The maximum absolute atomic E-state index is 3.69. The summed E-state index contributed by atoms with van der Waals surface area (Å²) in [6.45, 7) is 6.26. The van der Waals surface area contributed by atoms with E-state index in [1.54, 1.807) is 0 Å². The van der Waals surface area contributed by atoms with E-state index in [0.717, 1.165) is 24.7 Å². The van der Waals surface area contributed by atoms with Crippen LogP contribution in [0, 0.1) is 0 Å². The minimum Gasteiger partial charge on any atom is -0.264 e. The minimum absolute atomic E-state index is 0.930. The summed E-state index contributed by atoms with van der Waals surface area (Å²) in [5.41, 5.74) is 3.52. The van der Waals surface area contributed by atoms with Gasteiger partial charge < -0.3 is 0 Å². The summed E-state index contributed by atoms with van der Waals surface area (Å²) in [5, 5.41) is 3.69. The second-order valence-electron chi connectivity index (χ2n) is 6.36. The van der Waals surface area contributed by atoms with Gasteiger partial charge in [-0.05, 0) is 50.2 Å². The standard InChI is InChI=1S/C23H23N3S/c1-3-25(4-2)23(24-18-12-6-5-7-13-18)26-19-14-8-10-16-21(19)27-22-17-11-9-15-20(22)26/h5-17H,3-4H2,1-2H3/p+1. The third kappa shape index (κ3) is 3.45.